The minimum Gasteiger partial charge on any atom is -0.449 e. The first-order valence-corrected chi connectivity index (χ1v) is 7.40. The summed E-state index contributed by atoms with van der Waals surface area (Å²) in [6, 6.07) is 12.5. The van der Waals surface area contributed by atoms with Gasteiger partial charge < -0.3 is 16.2 Å². The number of benzene rings is 2. The van der Waals surface area contributed by atoms with E-state index in [1.54, 1.807) is 24.3 Å². The Bertz CT molecular complexity index is 858. The number of fused-ring (bicyclic) bond motifs is 1. The third kappa shape index (κ3) is 3.08. The fourth-order valence-electron chi connectivity index (χ4n) is 2.56. The molecule has 24 heavy (non-hydrogen) atoms. The van der Waals surface area contributed by atoms with Crippen molar-refractivity contribution in [2.75, 3.05) is 17.2 Å². The van der Waals surface area contributed by atoms with Crippen LogP contribution in [0.2, 0.25) is 0 Å². The maximum absolute atomic E-state index is 12.7. The number of carbonyl (C=O) groups is 2. The van der Waals surface area contributed by atoms with Crippen molar-refractivity contribution in [3.63, 3.8) is 0 Å². The van der Waals surface area contributed by atoms with E-state index >= 15 is 0 Å². The zero-order valence-corrected chi connectivity index (χ0v) is 13.2. The molecule has 0 radical (unpaired) electrons. The maximum Gasteiger partial charge on any atom is 0.294 e. The number of hydrogen-bond acceptors (Lipinski definition) is 4. The number of ether oxygens (including phenoxy) is 1. The number of nitrogen functional groups attached to an aromatic ring is 1. The Morgan fingerprint density at radius 2 is 2.04 bits per heavy atom. The molecule has 2 aromatic rings. The number of anilines is 2. The van der Waals surface area contributed by atoms with Crippen LogP contribution in [0.5, 0.6) is 5.75 Å². The second-order valence-corrected chi connectivity index (χ2v) is 5.61. The Balaban J connectivity index is 2.06. The van der Waals surface area contributed by atoms with Gasteiger partial charge in [0.1, 0.15) is 6.54 Å². The van der Waals surface area contributed by atoms with Gasteiger partial charge >= 0.3 is 0 Å². The van der Waals surface area contributed by atoms with E-state index in [-0.39, 0.29) is 12.3 Å². The van der Waals surface area contributed by atoms with Crippen LogP contribution in [-0.4, -0.2) is 18.4 Å². The van der Waals surface area contributed by atoms with E-state index in [1.165, 1.54) is 4.90 Å². The highest BCUT2D eigenvalue weighted by atomic mass is 16.5. The lowest BCUT2D eigenvalue weighted by Crippen LogP contribution is -2.42. The fraction of sp³-hybridized carbons (Fsp3) is 0.111. The van der Waals surface area contributed by atoms with Gasteiger partial charge in [0.2, 0.25) is 5.91 Å². The summed E-state index contributed by atoms with van der Waals surface area (Å²) in [5.41, 5.74) is 13.9. The number of hydrogen-bond donors (Lipinski definition) is 2. The van der Waals surface area contributed by atoms with Gasteiger partial charge in [-0.1, -0.05) is 29.8 Å². The fourth-order valence-corrected chi connectivity index (χ4v) is 2.56. The molecule has 2 amide bonds. The molecule has 4 N–H and O–H groups in total. The normalized spacial score (nSPS) is 15.1. The van der Waals surface area contributed by atoms with Crippen molar-refractivity contribution in [3.8, 4) is 5.75 Å². The molecule has 1 aliphatic rings. The van der Waals surface area contributed by atoms with Crippen molar-refractivity contribution >= 4 is 29.3 Å². The third-order valence-corrected chi connectivity index (χ3v) is 3.60. The van der Waals surface area contributed by atoms with Gasteiger partial charge in [-0.25, -0.2) is 0 Å². The van der Waals surface area contributed by atoms with Gasteiger partial charge in [-0.05, 0) is 30.7 Å². The molecule has 6 nitrogen and oxygen atoms in total. The SMILES string of the molecule is Cc1cccc(/C=C2/Oc3cc(N)ccc3N(CC(N)=O)C2=O)c1. The summed E-state index contributed by atoms with van der Waals surface area (Å²) in [5.74, 6) is -0.509. The molecule has 2 aromatic carbocycles. The molecule has 0 atom stereocenters. The Labute approximate surface area is 139 Å². The standard InChI is InChI=1S/C18H17N3O3/c1-11-3-2-4-12(7-11)8-16-18(23)21(10-17(20)22)14-6-5-13(19)9-15(14)24-16/h2-9H,10,19H2,1H3,(H2,20,22)/b16-8+. The molecule has 0 aromatic heterocycles. The van der Waals surface area contributed by atoms with Crippen LogP contribution in [0.25, 0.3) is 6.08 Å². The molecule has 0 saturated heterocycles. The zero-order valence-electron chi connectivity index (χ0n) is 13.2. The number of rotatable bonds is 3. The summed E-state index contributed by atoms with van der Waals surface area (Å²) in [7, 11) is 0. The number of aryl methyl sites for hydroxylation is 1. The monoisotopic (exact) mass is 323 g/mol. The minimum atomic E-state index is -0.608. The smallest absolute Gasteiger partial charge is 0.294 e. The van der Waals surface area contributed by atoms with Gasteiger partial charge in [0.25, 0.3) is 5.91 Å². The lowest BCUT2D eigenvalue weighted by molar-refractivity contribution is -0.121. The van der Waals surface area contributed by atoms with Crippen molar-refractivity contribution in [2.45, 2.75) is 6.92 Å². The third-order valence-electron chi connectivity index (χ3n) is 3.60. The van der Waals surface area contributed by atoms with Crippen LogP contribution in [0.3, 0.4) is 0 Å². The highest BCUT2D eigenvalue weighted by Crippen LogP contribution is 2.37. The largest absolute Gasteiger partial charge is 0.449 e. The average molecular weight is 323 g/mol. The summed E-state index contributed by atoms with van der Waals surface area (Å²) in [6.07, 6.45) is 1.63. The summed E-state index contributed by atoms with van der Waals surface area (Å²) < 4.78 is 5.72. The average Bonchev–Trinajstić information content (AvgIpc) is 2.51. The van der Waals surface area contributed by atoms with Gasteiger partial charge in [-0.3, -0.25) is 14.5 Å². The predicted molar refractivity (Wildman–Crippen MR) is 92.2 cm³/mol. The van der Waals surface area contributed by atoms with Crippen LogP contribution in [-0.2, 0) is 9.59 Å². The Morgan fingerprint density at radius 3 is 2.75 bits per heavy atom. The molecular weight excluding hydrogens is 306 g/mol. The number of carbonyl (C=O) groups excluding carboxylic acids is 2. The number of nitrogens with two attached hydrogens (primary N) is 2. The molecule has 0 bridgehead atoms. The minimum absolute atomic E-state index is 0.111. The highest BCUT2D eigenvalue weighted by Gasteiger charge is 2.31. The van der Waals surface area contributed by atoms with E-state index in [0.29, 0.717) is 17.1 Å². The molecule has 1 heterocycles. The molecule has 122 valence electrons. The molecule has 0 aliphatic carbocycles. The predicted octanol–water partition coefficient (Wildman–Crippen LogP) is 1.83. The second kappa shape index (κ2) is 6.08. The number of primary amides is 1. The summed E-state index contributed by atoms with van der Waals surface area (Å²) in [5, 5.41) is 0. The summed E-state index contributed by atoms with van der Waals surface area (Å²) >= 11 is 0. The molecular formula is C18H17N3O3. The Morgan fingerprint density at radius 1 is 1.25 bits per heavy atom. The first-order valence-electron chi connectivity index (χ1n) is 7.40. The number of amides is 2. The van der Waals surface area contributed by atoms with Gasteiger partial charge in [-0.15, -0.1) is 0 Å². The maximum atomic E-state index is 12.7. The van der Waals surface area contributed by atoms with Gasteiger partial charge in [-0.2, -0.15) is 0 Å². The Hall–Kier alpha value is -3.28. The van der Waals surface area contributed by atoms with Crippen molar-refractivity contribution in [3.05, 3.63) is 59.4 Å². The van der Waals surface area contributed by atoms with Crippen molar-refractivity contribution in [1.29, 1.82) is 0 Å². The van der Waals surface area contributed by atoms with Crippen LogP contribution in [0.1, 0.15) is 11.1 Å². The van der Waals surface area contributed by atoms with Crippen molar-refractivity contribution < 1.29 is 14.3 Å². The van der Waals surface area contributed by atoms with Gasteiger partial charge in [0.05, 0.1) is 5.69 Å². The molecule has 0 fully saturated rings. The van der Waals surface area contributed by atoms with Crippen LogP contribution in [0.15, 0.2) is 48.2 Å². The quantitative estimate of drug-likeness (QED) is 0.665. The first kappa shape index (κ1) is 15.6. The van der Waals surface area contributed by atoms with Crippen LogP contribution in [0, 0.1) is 6.92 Å². The van der Waals surface area contributed by atoms with Crippen LogP contribution in [0.4, 0.5) is 11.4 Å². The lowest BCUT2D eigenvalue weighted by atomic mass is 10.1. The van der Waals surface area contributed by atoms with E-state index in [0.717, 1.165) is 11.1 Å². The van der Waals surface area contributed by atoms with Crippen molar-refractivity contribution in [2.24, 2.45) is 5.73 Å². The molecule has 0 spiro atoms. The Kier molecular flexibility index (Phi) is 3.95. The zero-order chi connectivity index (χ0) is 17.3. The lowest BCUT2D eigenvalue weighted by Gasteiger charge is -2.29. The van der Waals surface area contributed by atoms with E-state index in [1.807, 2.05) is 31.2 Å². The van der Waals surface area contributed by atoms with Gasteiger partial charge in [0, 0.05) is 11.8 Å². The van der Waals surface area contributed by atoms with Crippen LogP contribution < -0.4 is 21.1 Å². The van der Waals surface area contributed by atoms with Crippen molar-refractivity contribution in [1.82, 2.24) is 0 Å². The second-order valence-electron chi connectivity index (χ2n) is 5.61. The highest BCUT2D eigenvalue weighted by molar-refractivity contribution is 6.12. The summed E-state index contributed by atoms with van der Waals surface area (Å²) in [4.78, 5) is 25.3. The molecule has 0 unspecified atom stereocenters. The van der Waals surface area contributed by atoms with E-state index in [2.05, 4.69) is 0 Å². The summed E-state index contributed by atoms with van der Waals surface area (Å²) in [6.45, 7) is 1.73. The molecule has 3 rings (SSSR count). The molecule has 0 saturated carbocycles. The van der Waals surface area contributed by atoms with E-state index in [4.69, 9.17) is 16.2 Å². The molecule has 6 heteroatoms. The topological polar surface area (TPSA) is 98.7 Å². The van der Waals surface area contributed by atoms with Crippen LogP contribution >= 0.6 is 0 Å². The van der Waals surface area contributed by atoms with E-state index in [9.17, 15) is 9.59 Å². The van der Waals surface area contributed by atoms with E-state index < -0.39 is 11.8 Å². The molecule has 1 aliphatic heterocycles. The van der Waals surface area contributed by atoms with Gasteiger partial charge in [0.15, 0.2) is 11.5 Å². The number of nitrogens with zero attached hydrogens (tertiary/aromatic N) is 1. The first-order chi connectivity index (χ1) is 11.4.